The predicted octanol–water partition coefficient (Wildman–Crippen LogP) is 21.8. The summed E-state index contributed by atoms with van der Waals surface area (Å²) in [6, 6.07) is 0. The van der Waals surface area contributed by atoms with E-state index in [1.807, 2.05) is 0 Å². The van der Waals surface area contributed by atoms with Crippen LogP contribution in [-0.4, -0.2) is 96.7 Å². The average Bonchev–Trinajstić information content (AvgIpc) is 2.52. The number of hydrogen-bond donors (Lipinski definition) is 3. The van der Waals surface area contributed by atoms with Crippen LogP contribution in [0.2, 0.25) is 0 Å². The molecule has 0 spiro atoms. The number of unbranched alkanes of at least 4 members (excludes halogenated alkanes) is 39. The van der Waals surface area contributed by atoms with Crippen molar-refractivity contribution >= 4 is 39.5 Å². The van der Waals surface area contributed by atoms with Crippen LogP contribution >= 0.6 is 15.6 Å². The molecule has 0 amide bonds. The molecule has 0 aliphatic carbocycles. The Bertz CT molecular complexity index is 1840. The molecule has 94 heavy (non-hydrogen) atoms. The largest absolute Gasteiger partial charge is 0.472 e. The molecule has 558 valence electrons. The standard InChI is InChI=1S/C75H146O17P2/c1-8-11-12-13-14-15-16-17-20-24-27-30-33-42-49-56-72(77)85-62-70(91-74(79)58-51-44-34-31-28-25-22-19-18-21-23-26-29-32-39-46-53-66(4)5)64-89-93(81,82)87-60-69(76)61-88-94(83,84)90-65-71(92-75(80)59-52-45-38-36-41-48-55-68(7)10-3)63-86-73(78)57-50-43-37-35-40-47-54-67(6)9-2/h66-71,76H,8-65H2,1-7H3,(H,81,82)(H,83,84)/t67?,68?,69-,70-,71-/m1/s1. The van der Waals surface area contributed by atoms with E-state index in [1.54, 1.807) is 0 Å². The van der Waals surface area contributed by atoms with E-state index >= 15 is 0 Å². The third-order valence-electron chi connectivity index (χ3n) is 18.1. The molecule has 0 aromatic rings. The van der Waals surface area contributed by atoms with Gasteiger partial charge in [-0.2, -0.15) is 0 Å². The first-order chi connectivity index (χ1) is 45.3. The number of rotatable bonds is 73. The van der Waals surface area contributed by atoms with Crippen molar-refractivity contribution in [1.82, 2.24) is 0 Å². The maximum Gasteiger partial charge on any atom is 0.472 e. The van der Waals surface area contributed by atoms with Crippen molar-refractivity contribution in [2.75, 3.05) is 39.6 Å². The highest BCUT2D eigenvalue weighted by molar-refractivity contribution is 7.47. The van der Waals surface area contributed by atoms with Crippen LogP contribution in [0.3, 0.4) is 0 Å². The van der Waals surface area contributed by atoms with Crippen LogP contribution in [-0.2, 0) is 65.4 Å². The van der Waals surface area contributed by atoms with E-state index in [9.17, 15) is 43.2 Å². The molecule has 0 aliphatic rings. The molecular weight excluding hydrogens is 1230 g/mol. The lowest BCUT2D eigenvalue weighted by Crippen LogP contribution is -2.30. The minimum Gasteiger partial charge on any atom is -0.462 e. The molecule has 3 N–H and O–H groups in total. The van der Waals surface area contributed by atoms with Crippen LogP contribution in [0.5, 0.6) is 0 Å². The maximum absolute atomic E-state index is 13.1. The number of phosphoric acid groups is 2. The van der Waals surface area contributed by atoms with Gasteiger partial charge in [0, 0.05) is 25.7 Å². The number of ether oxygens (including phenoxy) is 4. The summed E-state index contributed by atoms with van der Waals surface area (Å²) >= 11 is 0. The highest BCUT2D eigenvalue weighted by atomic mass is 31.2. The SMILES string of the molecule is CCCCCCCCCCCCCCCCCC(=O)OC[C@H](COP(=O)(O)OC[C@@H](O)COP(=O)(O)OC[C@@H](COC(=O)CCCCCCCCC(C)CC)OC(=O)CCCCCCCCC(C)CC)OC(=O)CCCCCCCCCCCCCCCCCCC(C)C. The van der Waals surface area contributed by atoms with Gasteiger partial charge in [-0.3, -0.25) is 37.3 Å². The minimum atomic E-state index is -4.96. The Balaban J connectivity index is 5.23. The van der Waals surface area contributed by atoms with E-state index in [1.165, 1.54) is 186 Å². The molecule has 4 unspecified atom stereocenters. The number of hydrogen-bond acceptors (Lipinski definition) is 15. The van der Waals surface area contributed by atoms with Gasteiger partial charge in [-0.15, -0.1) is 0 Å². The summed E-state index contributed by atoms with van der Waals surface area (Å²) < 4.78 is 68.4. The first kappa shape index (κ1) is 92.1. The summed E-state index contributed by atoms with van der Waals surface area (Å²) in [5, 5.41) is 10.6. The summed E-state index contributed by atoms with van der Waals surface area (Å²) in [6.45, 7) is 11.8. The van der Waals surface area contributed by atoms with Gasteiger partial charge < -0.3 is 33.8 Å². The van der Waals surface area contributed by atoms with Gasteiger partial charge in [-0.25, -0.2) is 9.13 Å². The molecule has 0 saturated carbocycles. The smallest absolute Gasteiger partial charge is 0.462 e. The monoisotopic (exact) mass is 1380 g/mol. The molecule has 0 saturated heterocycles. The fourth-order valence-corrected chi connectivity index (χ4v) is 12.9. The molecule has 0 aromatic carbocycles. The molecule has 0 rings (SSSR count). The van der Waals surface area contributed by atoms with Gasteiger partial charge in [0.25, 0.3) is 0 Å². The number of aliphatic hydroxyl groups is 1. The van der Waals surface area contributed by atoms with E-state index in [4.69, 9.17) is 37.0 Å². The van der Waals surface area contributed by atoms with Crippen LogP contribution in [0.1, 0.15) is 382 Å². The van der Waals surface area contributed by atoms with Gasteiger partial charge in [-0.1, -0.05) is 331 Å². The van der Waals surface area contributed by atoms with Crippen molar-refractivity contribution in [3.63, 3.8) is 0 Å². The first-order valence-electron chi connectivity index (χ1n) is 38.9. The maximum atomic E-state index is 13.1. The second kappa shape index (κ2) is 65.7. The van der Waals surface area contributed by atoms with Gasteiger partial charge in [0.05, 0.1) is 26.4 Å². The topological polar surface area (TPSA) is 237 Å². The van der Waals surface area contributed by atoms with E-state index in [0.717, 1.165) is 114 Å². The molecule has 7 atom stereocenters. The Labute approximate surface area is 575 Å². The zero-order valence-corrected chi connectivity index (χ0v) is 63.2. The zero-order valence-electron chi connectivity index (χ0n) is 61.4. The lowest BCUT2D eigenvalue weighted by Gasteiger charge is -2.21. The van der Waals surface area contributed by atoms with Crippen molar-refractivity contribution in [2.24, 2.45) is 17.8 Å². The Kier molecular flexibility index (Phi) is 64.3. The van der Waals surface area contributed by atoms with Crippen molar-refractivity contribution in [2.45, 2.75) is 401 Å². The average molecular weight is 1380 g/mol. The van der Waals surface area contributed by atoms with Crippen molar-refractivity contribution in [1.29, 1.82) is 0 Å². The van der Waals surface area contributed by atoms with E-state index in [2.05, 4.69) is 48.5 Å². The second-order valence-electron chi connectivity index (χ2n) is 28.0. The van der Waals surface area contributed by atoms with Crippen LogP contribution in [0, 0.1) is 17.8 Å². The fourth-order valence-electron chi connectivity index (χ4n) is 11.4. The molecule has 0 bridgehead atoms. The lowest BCUT2D eigenvalue weighted by atomic mass is 10.00. The Morgan fingerprint density at radius 1 is 0.309 bits per heavy atom. The van der Waals surface area contributed by atoms with Gasteiger partial charge in [0.1, 0.15) is 19.3 Å². The van der Waals surface area contributed by atoms with Crippen LogP contribution in [0.15, 0.2) is 0 Å². The van der Waals surface area contributed by atoms with Gasteiger partial charge in [0.15, 0.2) is 12.2 Å². The second-order valence-corrected chi connectivity index (χ2v) is 30.9. The molecular formula is C75H146O17P2. The number of aliphatic hydroxyl groups excluding tert-OH is 1. The highest BCUT2D eigenvalue weighted by Gasteiger charge is 2.30. The molecule has 17 nitrogen and oxygen atoms in total. The van der Waals surface area contributed by atoms with Crippen LogP contribution in [0.25, 0.3) is 0 Å². The summed E-state index contributed by atoms with van der Waals surface area (Å²) in [5.41, 5.74) is 0. The molecule has 0 radical (unpaired) electrons. The van der Waals surface area contributed by atoms with Gasteiger partial charge in [0.2, 0.25) is 0 Å². The Morgan fingerprint density at radius 2 is 0.543 bits per heavy atom. The molecule has 19 heteroatoms. The zero-order chi connectivity index (χ0) is 69.4. The fraction of sp³-hybridized carbons (Fsp3) is 0.947. The number of carbonyl (C=O) groups excluding carboxylic acids is 4. The molecule has 0 aromatic heterocycles. The molecule has 0 aliphatic heterocycles. The third-order valence-corrected chi connectivity index (χ3v) is 20.0. The predicted molar refractivity (Wildman–Crippen MR) is 381 cm³/mol. The Hall–Kier alpha value is -1.94. The first-order valence-corrected chi connectivity index (χ1v) is 41.9. The van der Waals surface area contributed by atoms with E-state index in [-0.39, 0.29) is 25.7 Å². The van der Waals surface area contributed by atoms with Crippen molar-refractivity contribution in [3.05, 3.63) is 0 Å². The van der Waals surface area contributed by atoms with E-state index < -0.39 is 97.5 Å². The summed E-state index contributed by atoms with van der Waals surface area (Å²) in [4.78, 5) is 72.7. The number of carbonyl (C=O) groups is 4. The van der Waals surface area contributed by atoms with Gasteiger partial charge >= 0.3 is 39.5 Å². The highest BCUT2D eigenvalue weighted by Crippen LogP contribution is 2.45. The van der Waals surface area contributed by atoms with Crippen LogP contribution in [0.4, 0.5) is 0 Å². The third kappa shape index (κ3) is 66.0. The Morgan fingerprint density at radius 3 is 0.809 bits per heavy atom. The number of esters is 4. The summed E-state index contributed by atoms with van der Waals surface area (Å²) in [6.07, 6.45) is 51.5. The van der Waals surface area contributed by atoms with Crippen molar-refractivity contribution < 1.29 is 80.2 Å². The lowest BCUT2D eigenvalue weighted by molar-refractivity contribution is -0.161. The number of phosphoric ester groups is 2. The minimum absolute atomic E-state index is 0.102. The van der Waals surface area contributed by atoms with E-state index in [0.29, 0.717) is 25.7 Å². The van der Waals surface area contributed by atoms with Gasteiger partial charge in [-0.05, 0) is 43.4 Å². The van der Waals surface area contributed by atoms with Crippen molar-refractivity contribution in [3.8, 4) is 0 Å². The summed E-state index contributed by atoms with van der Waals surface area (Å²) in [7, 11) is -9.91. The molecule has 0 fully saturated rings. The van der Waals surface area contributed by atoms with Crippen LogP contribution < -0.4 is 0 Å². The molecule has 0 heterocycles. The summed E-state index contributed by atoms with van der Waals surface area (Å²) in [5.74, 6) is 0.137. The normalized spacial score (nSPS) is 14.7. The quantitative estimate of drug-likeness (QED) is 0.0222.